The Morgan fingerprint density at radius 1 is 1.44 bits per heavy atom. The minimum absolute atomic E-state index is 0.278. The van der Waals surface area contributed by atoms with Crippen LogP contribution in [0, 0.1) is 5.92 Å². The summed E-state index contributed by atoms with van der Waals surface area (Å²) in [4.78, 5) is 0.278. The van der Waals surface area contributed by atoms with Gasteiger partial charge < -0.3 is 5.32 Å². The highest BCUT2D eigenvalue weighted by molar-refractivity contribution is 7.90. The predicted molar refractivity (Wildman–Crippen MR) is 72.3 cm³/mol. The van der Waals surface area contributed by atoms with Crippen LogP contribution in [0.5, 0.6) is 0 Å². The second-order valence-electron chi connectivity index (χ2n) is 4.97. The summed E-state index contributed by atoms with van der Waals surface area (Å²) in [5.41, 5.74) is 0. The quantitative estimate of drug-likeness (QED) is 0.813. The molecule has 0 bridgehead atoms. The lowest BCUT2D eigenvalue weighted by molar-refractivity contribution is 0.343. The zero-order chi connectivity index (χ0) is 13.8. The smallest absolute Gasteiger partial charge is 0.178 e. The molecule has 5 nitrogen and oxygen atoms in total. The summed E-state index contributed by atoms with van der Waals surface area (Å²) in [6, 6.07) is 0.303. The largest absolute Gasteiger partial charge is 0.312 e. The summed E-state index contributed by atoms with van der Waals surface area (Å²) in [6.45, 7) is 8.07. The van der Waals surface area contributed by atoms with Crippen LogP contribution in [0.15, 0.2) is 17.3 Å². The third-order valence-corrected chi connectivity index (χ3v) is 3.95. The summed E-state index contributed by atoms with van der Waals surface area (Å²) >= 11 is 0. The number of hydrogen-bond acceptors (Lipinski definition) is 4. The van der Waals surface area contributed by atoms with Crippen LogP contribution in [0.4, 0.5) is 0 Å². The van der Waals surface area contributed by atoms with Gasteiger partial charge in [-0.2, -0.15) is 5.10 Å². The Morgan fingerprint density at radius 3 is 2.56 bits per heavy atom. The van der Waals surface area contributed by atoms with E-state index in [4.69, 9.17) is 0 Å². The highest BCUT2D eigenvalue weighted by atomic mass is 32.2. The zero-order valence-electron chi connectivity index (χ0n) is 11.5. The van der Waals surface area contributed by atoms with Gasteiger partial charge in [-0.05, 0) is 18.9 Å². The van der Waals surface area contributed by atoms with Crippen LogP contribution in [0.3, 0.4) is 0 Å². The van der Waals surface area contributed by atoms with Crippen molar-refractivity contribution >= 4 is 9.84 Å². The molecule has 0 amide bonds. The van der Waals surface area contributed by atoms with Crippen molar-refractivity contribution in [3.05, 3.63) is 12.4 Å². The number of sulfone groups is 1. The van der Waals surface area contributed by atoms with Crippen molar-refractivity contribution in [2.75, 3.05) is 12.8 Å². The molecule has 1 aromatic heterocycles. The molecule has 18 heavy (non-hydrogen) atoms. The van der Waals surface area contributed by atoms with Crippen molar-refractivity contribution in [1.82, 2.24) is 15.1 Å². The van der Waals surface area contributed by atoms with E-state index in [1.54, 1.807) is 10.9 Å². The van der Waals surface area contributed by atoms with Gasteiger partial charge in [0, 0.05) is 18.5 Å². The van der Waals surface area contributed by atoms with Gasteiger partial charge in [-0.3, -0.25) is 4.68 Å². The fourth-order valence-corrected chi connectivity index (χ4v) is 2.23. The highest BCUT2D eigenvalue weighted by Crippen LogP contribution is 2.09. The van der Waals surface area contributed by atoms with Crippen LogP contribution < -0.4 is 5.32 Å². The molecule has 0 radical (unpaired) electrons. The molecule has 0 saturated heterocycles. The second-order valence-corrected chi connectivity index (χ2v) is 6.99. The first kappa shape index (κ1) is 15.2. The SMILES string of the molecule is CCCNC(Cn1cc(S(C)(=O)=O)cn1)C(C)C. The van der Waals surface area contributed by atoms with Gasteiger partial charge in [-0.1, -0.05) is 20.8 Å². The molecule has 0 aliphatic carbocycles. The van der Waals surface area contributed by atoms with Crippen molar-refractivity contribution in [3.63, 3.8) is 0 Å². The molecule has 0 fully saturated rings. The molecule has 6 heteroatoms. The second kappa shape index (κ2) is 6.33. The summed E-state index contributed by atoms with van der Waals surface area (Å²) in [5, 5.41) is 7.57. The van der Waals surface area contributed by atoms with Gasteiger partial charge in [-0.25, -0.2) is 8.42 Å². The molecule has 1 atom stereocenters. The monoisotopic (exact) mass is 273 g/mol. The van der Waals surface area contributed by atoms with Gasteiger partial charge in [0.05, 0.1) is 12.7 Å². The van der Waals surface area contributed by atoms with E-state index in [1.165, 1.54) is 12.5 Å². The molecule has 104 valence electrons. The molecule has 1 unspecified atom stereocenters. The lowest BCUT2D eigenvalue weighted by Crippen LogP contribution is -2.38. The van der Waals surface area contributed by atoms with Gasteiger partial charge in [0.1, 0.15) is 4.90 Å². The van der Waals surface area contributed by atoms with Gasteiger partial charge in [0.2, 0.25) is 0 Å². The Bertz CT molecular complexity index is 465. The number of aromatic nitrogens is 2. The summed E-state index contributed by atoms with van der Waals surface area (Å²) in [5.74, 6) is 0.474. The standard InChI is InChI=1S/C12H23N3O2S/c1-5-6-13-12(10(2)3)9-15-8-11(7-14-15)18(4,16)17/h7-8,10,12-13H,5-6,9H2,1-4H3. The minimum Gasteiger partial charge on any atom is -0.312 e. The third-order valence-electron chi connectivity index (χ3n) is 2.88. The summed E-state index contributed by atoms with van der Waals surface area (Å²) in [7, 11) is -3.16. The van der Waals surface area contributed by atoms with E-state index < -0.39 is 9.84 Å². The maximum atomic E-state index is 11.4. The van der Waals surface area contributed by atoms with Crippen molar-refractivity contribution in [3.8, 4) is 0 Å². The molecule has 1 heterocycles. The normalized spacial score (nSPS) is 14.1. The highest BCUT2D eigenvalue weighted by Gasteiger charge is 2.15. The molecular weight excluding hydrogens is 250 g/mol. The van der Waals surface area contributed by atoms with Gasteiger partial charge in [0.25, 0.3) is 0 Å². The van der Waals surface area contributed by atoms with Gasteiger partial charge in [-0.15, -0.1) is 0 Å². The van der Waals surface area contributed by atoms with Crippen molar-refractivity contribution in [1.29, 1.82) is 0 Å². The minimum atomic E-state index is -3.16. The predicted octanol–water partition coefficient (Wildman–Crippen LogP) is 1.31. The van der Waals surface area contributed by atoms with Crippen LogP contribution in [-0.2, 0) is 16.4 Å². The van der Waals surface area contributed by atoms with Gasteiger partial charge >= 0.3 is 0 Å². The molecule has 0 saturated carbocycles. The molecule has 0 spiro atoms. The lowest BCUT2D eigenvalue weighted by atomic mass is 10.0. The Labute approximate surface area is 109 Å². The van der Waals surface area contributed by atoms with Crippen LogP contribution in [0.1, 0.15) is 27.2 Å². The molecule has 1 rings (SSSR count). The van der Waals surface area contributed by atoms with E-state index in [-0.39, 0.29) is 4.90 Å². The molecule has 1 aromatic rings. The van der Waals surface area contributed by atoms with Crippen LogP contribution in [0.2, 0.25) is 0 Å². The van der Waals surface area contributed by atoms with Crippen LogP contribution in [-0.4, -0.2) is 37.0 Å². The van der Waals surface area contributed by atoms with E-state index in [2.05, 4.69) is 31.2 Å². The van der Waals surface area contributed by atoms with E-state index in [0.29, 0.717) is 18.5 Å². The molecule has 0 aliphatic rings. The third kappa shape index (κ3) is 4.42. The number of hydrogen-bond donors (Lipinski definition) is 1. The first-order valence-electron chi connectivity index (χ1n) is 6.30. The van der Waals surface area contributed by atoms with Crippen LogP contribution in [0.25, 0.3) is 0 Å². The lowest BCUT2D eigenvalue weighted by Gasteiger charge is -2.22. The Kier molecular flexibility index (Phi) is 5.34. The average Bonchev–Trinajstić information content (AvgIpc) is 2.71. The van der Waals surface area contributed by atoms with Gasteiger partial charge in [0.15, 0.2) is 9.84 Å². The van der Waals surface area contributed by atoms with Crippen molar-refractivity contribution in [2.45, 2.75) is 44.7 Å². The summed E-state index contributed by atoms with van der Waals surface area (Å²) < 4.78 is 24.4. The van der Waals surface area contributed by atoms with Crippen molar-refractivity contribution < 1.29 is 8.42 Å². The maximum Gasteiger partial charge on any atom is 0.178 e. The molecular formula is C12H23N3O2S. The first-order chi connectivity index (χ1) is 8.34. The summed E-state index contributed by atoms with van der Waals surface area (Å²) in [6.07, 6.45) is 5.28. The van der Waals surface area contributed by atoms with Crippen LogP contribution >= 0.6 is 0 Å². The number of rotatable bonds is 7. The topological polar surface area (TPSA) is 64.0 Å². The number of nitrogens with one attached hydrogen (secondary N) is 1. The molecule has 1 N–H and O–H groups in total. The zero-order valence-corrected chi connectivity index (χ0v) is 12.4. The Hall–Kier alpha value is -0.880. The Balaban J connectivity index is 2.72. The fraction of sp³-hybridized carbons (Fsp3) is 0.750. The van der Waals surface area contributed by atoms with E-state index in [1.807, 2.05) is 0 Å². The molecule has 0 aliphatic heterocycles. The van der Waals surface area contributed by atoms with E-state index in [9.17, 15) is 8.42 Å². The van der Waals surface area contributed by atoms with Crippen molar-refractivity contribution in [2.24, 2.45) is 5.92 Å². The van der Waals surface area contributed by atoms with E-state index >= 15 is 0 Å². The Morgan fingerprint density at radius 2 is 2.11 bits per heavy atom. The molecule has 0 aromatic carbocycles. The average molecular weight is 273 g/mol. The van der Waals surface area contributed by atoms with E-state index in [0.717, 1.165) is 13.0 Å². The number of nitrogens with zero attached hydrogens (tertiary/aromatic N) is 2. The first-order valence-corrected chi connectivity index (χ1v) is 8.19. The fourth-order valence-electron chi connectivity index (χ4n) is 1.68. The maximum absolute atomic E-state index is 11.4.